The van der Waals surface area contributed by atoms with E-state index in [-0.39, 0.29) is 0 Å². The molecule has 0 aliphatic rings. The number of benzene rings is 3. The Kier molecular flexibility index (Phi) is 6.73. The number of carbonyl (C=O) groups excluding carboxylic acids is 2. The molecule has 4 rings (SSSR count). The highest BCUT2D eigenvalue weighted by atomic mass is 16.5. The number of fused-ring (bicyclic) bond motifs is 1. The Balaban J connectivity index is 1.40. The molecule has 0 fully saturated rings. The Morgan fingerprint density at radius 1 is 0.735 bits per heavy atom. The number of nitrogens with one attached hydrogen (secondary N) is 3. The first kappa shape index (κ1) is 22.4. The summed E-state index contributed by atoms with van der Waals surface area (Å²) in [5.41, 5.74) is 1.76. The monoisotopic (exact) mass is 458 g/mol. The van der Waals surface area contributed by atoms with E-state index in [0.29, 0.717) is 39.9 Å². The van der Waals surface area contributed by atoms with Crippen LogP contribution in [0.3, 0.4) is 0 Å². The molecule has 0 bridgehead atoms. The number of methoxy groups -OCH3 is 2. The van der Waals surface area contributed by atoms with Crippen molar-refractivity contribution in [2.24, 2.45) is 0 Å². The molecule has 3 N–H and O–H groups in total. The lowest BCUT2D eigenvalue weighted by Crippen LogP contribution is -2.37. The van der Waals surface area contributed by atoms with E-state index < -0.39 is 12.1 Å². The third-order valence-corrected chi connectivity index (χ3v) is 4.81. The molecule has 0 spiro atoms. The summed E-state index contributed by atoms with van der Waals surface area (Å²) in [4.78, 5) is 28.4. The summed E-state index contributed by atoms with van der Waals surface area (Å²) in [5.74, 6) is 2.28. The number of carbonyl (C=O) groups is 2. The standard InChI is InChI=1S/C25H22N4O5/c1-32-22-14-19-20(15-23(22)33-2)26-13-12-21(19)34-18-10-8-17(9-11-18)28-25(31)29-24(30)27-16-6-4-3-5-7-16/h3-15H,1-2H3,(H3,27,28,29,30,31). The van der Waals surface area contributed by atoms with Crippen LogP contribution >= 0.6 is 0 Å². The Labute approximate surface area is 195 Å². The first-order valence-electron chi connectivity index (χ1n) is 10.3. The number of hydrogen-bond donors (Lipinski definition) is 3. The second-order valence-corrected chi connectivity index (χ2v) is 7.06. The molecule has 1 heterocycles. The van der Waals surface area contributed by atoms with Crippen molar-refractivity contribution in [1.82, 2.24) is 10.3 Å². The smallest absolute Gasteiger partial charge is 0.327 e. The fraction of sp³-hybridized carbons (Fsp3) is 0.0800. The molecule has 0 unspecified atom stereocenters. The van der Waals surface area contributed by atoms with Crippen LogP contribution in [0.5, 0.6) is 23.0 Å². The van der Waals surface area contributed by atoms with Crippen LogP contribution in [0.1, 0.15) is 0 Å². The Bertz CT molecular complexity index is 1310. The number of nitrogens with zero attached hydrogens (tertiary/aromatic N) is 1. The van der Waals surface area contributed by atoms with Gasteiger partial charge < -0.3 is 24.8 Å². The number of pyridine rings is 1. The van der Waals surface area contributed by atoms with Gasteiger partial charge in [-0.15, -0.1) is 0 Å². The van der Waals surface area contributed by atoms with E-state index in [1.54, 1.807) is 87.1 Å². The molecule has 0 aliphatic heterocycles. The van der Waals surface area contributed by atoms with E-state index in [1.165, 1.54) is 0 Å². The van der Waals surface area contributed by atoms with E-state index >= 15 is 0 Å². The van der Waals surface area contributed by atoms with Crippen LogP contribution in [0.2, 0.25) is 0 Å². The molecule has 34 heavy (non-hydrogen) atoms. The van der Waals surface area contributed by atoms with E-state index in [1.807, 2.05) is 6.07 Å². The van der Waals surface area contributed by atoms with Gasteiger partial charge in [0.15, 0.2) is 11.5 Å². The maximum absolute atomic E-state index is 12.1. The largest absolute Gasteiger partial charge is 0.493 e. The molecule has 9 nitrogen and oxygen atoms in total. The number of para-hydroxylation sites is 1. The maximum atomic E-state index is 12.1. The number of ether oxygens (including phenoxy) is 3. The average Bonchev–Trinajstić information content (AvgIpc) is 2.85. The molecule has 4 aromatic rings. The van der Waals surface area contributed by atoms with Gasteiger partial charge in [-0.2, -0.15) is 0 Å². The molecular formula is C25H22N4O5. The van der Waals surface area contributed by atoms with Crippen molar-refractivity contribution >= 4 is 34.3 Å². The SMILES string of the molecule is COc1cc2nccc(Oc3ccc(NC(=O)NC(=O)Nc4ccccc4)cc3)c2cc1OC. The van der Waals surface area contributed by atoms with Crippen LogP contribution in [0.25, 0.3) is 10.9 Å². The van der Waals surface area contributed by atoms with Gasteiger partial charge >= 0.3 is 12.1 Å². The van der Waals surface area contributed by atoms with E-state index in [4.69, 9.17) is 14.2 Å². The van der Waals surface area contributed by atoms with E-state index in [9.17, 15) is 9.59 Å². The second kappa shape index (κ2) is 10.2. The molecular weight excluding hydrogens is 436 g/mol. The van der Waals surface area contributed by atoms with Gasteiger partial charge in [-0.1, -0.05) is 18.2 Å². The minimum Gasteiger partial charge on any atom is -0.493 e. The third kappa shape index (κ3) is 5.33. The highest BCUT2D eigenvalue weighted by molar-refractivity contribution is 6.05. The second-order valence-electron chi connectivity index (χ2n) is 7.06. The zero-order chi connectivity index (χ0) is 23.9. The molecule has 172 valence electrons. The lowest BCUT2D eigenvalue weighted by Gasteiger charge is -2.13. The molecule has 1 aromatic heterocycles. The number of rotatable bonds is 6. The Morgan fingerprint density at radius 2 is 1.35 bits per heavy atom. The Hall–Kier alpha value is -4.79. The molecule has 0 atom stereocenters. The van der Waals surface area contributed by atoms with Crippen molar-refractivity contribution in [1.29, 1.82) is 0 Å². The van der Waals surface area contributed by atoms with Crippen LogP contribution in [0, 0.1) is 0 Å². The highest BCUT2D eigenvalue weighted by Crippen LogP contribution is 2.36. The van der Waals surface area contributed by atoms with Gasteiger partial charge in [0.2, 0.25) is 0 Å². The minimum atomic E-state index is -0.664. The normalized spacial score (nSPS) is 10.3. The van der Waals surface area contributed by atoms with Crippen molar-refractivity contribution in [2.75, 3.05) is 24.9 Å². The lowest BCUT2D eigenvalue weighted by atomic mass is 10.2. The van der Waals surface area contributed by atoms with Crippen LogP contribution in [-0.4, -0.2) is 31.3 Å². The summed E-state index contributed by atoms with van der Waals surface area (Å²) in [5, 5.41) is 8.14. The number of imide groups is 1. The quantitative estimate of drug-likeness (QED) is 0.357. The Morgan fingerprint density at radius 3 is 2.00 bits per heavy atom. The topological polar surface area (TPSA) is 111 Å². The first-order valence-corrected chi connectivity index (χ1v) is 10.3. The van der Waals surface area contributed by atoms with E-state index in [0.717, 1.165) is 5.39 Å². The summed E-state index contributed by atoms with van der Waals surface area (Å²) in [6, 6.07) is 19.6. The molecule has 0 saturated carbocycles. The van der Waals surface area contributed by atoms with Crippen LogP contribution in [0.15, 0.2) is 79.0 Å². The zero-order valence-corrected chi connectivity index (χ0v) is 18.5. The van der Waals surface area contributed by atoms with Gasteiger partial charge in [-0.3, -0.25) is 10.3 Å². The number of amides is 4. The zero-order valence-electron chi connectivity index (χ0n) is 18.5. The summed E-state index contributed by atoms with van der Waals surface area (Å²) in [6.45, 7) is 0. The van der Waals surface area contributed by atoms with Crippen LogP contribution < -0.4 is 30.2 Å². The van der Waals surface area contributed by atoms with Crippen molar-refractivity contribution in [3.63, 3.8) is 0 Å². The molecule has 3 aromatic carbocycles. The number of hydrogen-bond acceptors (Lipinski definition) is 6. The fourth-order valence-corrected chi connectivity index (χ4v) is 3.22. The molecule has 0 saturated heterocycles. The van der Waals surface area contributed by atoms with Gasteiger partial charge in [0.25, 0.3) is 0 Å². The average molecular weight is 458 g/mol. The summed E-state index contributed by atoms with van der Waals surface area (Å²) >= 11 is 0. The fourth-order valence-electron chi connectivity index (χ4n) is 3.22. The van der Waals surface area contributed by atoms with Crippen molar-refractivity contribution < 1.29 is 23.8 Å². The van der Waals surface area contributed by atoms with Crippen molar-refractivity contribution in [2.45, 2.75) is 0 Å². The van der Waals surface area contributed by atoms with Crippen LogP contribution in [-0.2, 0) is 0 Å². The lowest BCUT2D eigenvalue weighted by molar-refractivity contribution is 0.240. The molecule has 0 radical (unpaired) electrons. The summed E-state index contributed by atoms with van der Waals surface area (Å²) in [7, 11) is 3.13. The van der Waals surface area contributed by atoms with Crippen LogP contribution in [0.4, 0.5) is 21.0 Å². The molecule has 4 amide bonds. The van der Waals surface area contributed by atoms with Gasteiger partial charge in [-0.05, 0) is 48.5 Å². The highest BCUT2D eigenvalue weighted by Gasteiger charge is 2.12. The van der Waals surface area contributed by atoms with Gasteiger partial charge in [0.05, 0.1) is 19.7 Å². The molecule has 0 aliphatic carbocycles. The van der Waals surface area contributed by atoms with Gasteiger partial charge in [0.1, 0.15) is 11.5 Å². The summed E-state index contributed by atoms with van der Waals surface area (Å²) in [6.07, 6.45) is 1.64. The number of urea groups is 2. The number of anilines is 2. The van der Waals surface area contributed by atoms with Gasteiger partial charge in [-0.25, -0.2) is 9.59 Å². The van der Waals surface area contributed by atoms with E-state index in [2.05, 4.69) is 20.9 Å². The van der Waals surface area contributed by atoms with Gasteiger partial charge in [0, 0.05) is 29.0 Å². The first-order chi connectivity index (χ1) is 16.6. The van der Waals surface area contributed by atoms with Crippen molar-refractivity contribution in [3.8, 4) is 23.0 Å². The predicted octanol–water partition coefficient (Wildman–Crippen LogP) is 5.40. The summed E-state index contributed by atoms with van der Waals surface area (Å²) < 4.78 is 16.7. The third-order valence-electron chi connectivity index (χ3n) is 4.81. The number of aromatic nitrogens is 1. The maximum Gasteiger partial charge on any atom is 0.327 e. The van der Waals surface area contributed by atoms with Crippen molar-refractivity contribution in [3.05, 3.63) is 79.0 Å². The predicted molar refractivity (Wildman–Crippen MR) is 129 cm³/mol. The molecule has 9 heteroatoms. The minimum absolute atomic E-state index is 0.489.